The van der Waals surface area contributed by atoms with E-state index in [1.54, 1.807) is 13.0 Å². The van der Waals surface area contributed by atoms with Gasteiger partial charge in [0.05, 0.1) is 10.6 Å². The summed E-state index contributed by atoms with van der Waals surface area (Å²) in [5.41, 5.74) is 13.9. The standard InChI is InChI=1S/C17H25N5O2S/c1-11-9-12(2)14(25(3,23)24)10-13(11)22-16(19)20-15(18)21-17(22)7-5-4-6-8-17/h9-10H,4-8H2,1-3H3,(H4,18,19,20,21). The van der Waals surface area contributed by atoms with Crippen LogP contribution in [0.5, 0.6) is 0 Å². The normalized spacial score (nSPS) is 20.4. The van der Waals surface area contributed by atoms with Crippen LogP contribution in [0.15, 0.2) is 27.0 Å². The highest BCUT2D eigenvalue weighted by Crippen LogP contribution is 2.41. The summed E-state index contributed by atoms with van der Waals surface area (Å²) in [6.45, 7) is 3.74. The molecule has 0 bridgehead atoms. The van der Waals surface area contributed by atoms with Crippen molar-refractivity contribution in [2.75, 3.05) is 11.2 Å². The molecular weight excluding hydrogens is 338 g/mol. The maximum atomic E-state index is 12.2. The molecule has 7 nitrogen and oxygen atoms in total. The lowest BCUT2D eigenvalue weighted by Gasteiger charge is -2.46. The Kier molecular flexibility index (Phi) is 4.26. The molecule has 4 N–H and O–H groups in total. The number of aryl methyl sites for hydroxylation is 2. The summed E-state index contributed by atoms with van der Waals surface area (Å²) in [5.74, 6) is 0.449. The number of sulfone groups is 1. The third kappa shape index (κ3) is 3.10. The van der Waals surface area contributed by atoms with Gasteiger partial charge < -0.3 is 11.5 Å². The number of rotatable bonds is 2. The number of anilines is 1. The summed E-state index contributed by atoms with van der Waals surface area (Å²) >= 11 is 0. The molecule has 1 aliphatic heterocycles. The van der Waals surface area contributed by atoms with Crippen molar-refractivity contribution in [2.45, 2.75) is 56.5 Å². The monoisotopic (exact) mass is 363 g/mol. The minimum absolute atomic E-state index is 0.184. The zero-order valence-corrected chi connectivity index (χ0v) is 15.7. The Balaban J connectivity index is 2.21. The molecule has 1 aromatic carbocycles. The third-order valence-electron chi connectivity index (χ3n) is 4.99. The van der Waals surface area contributed by atoms with E-state index in [9.17, 15) is 8.42 Å². The van der Waals surface area contributed by atoms with Gasteiger partial charge in [-0.15, -0.1) is 0 Å². The average Bonchev–Trinajstić information content (AvgIpc) is 2.48. The van der Waals surface area contributed by atoms with E-state index in [1.165, 1.54) is 6.26 Å². The molecule has 1 heterocycles. The second kappa shape index (κ2) is 6.01. The van der Waals surface area contributed by atoms with Gasteiger partial charge in [-0.1, -0.05) is 12.5 Å². The van der Waals surface area contributed by atoms with E-state index in [2.05, 4.69) is 9.98 Å². The Bertz CT molecular complexity index is 867. The van der Waals surface area contributed by atoms with Crippen LogP contribution in [0.4, 0.5) is 5.69 Å². The van der Waals surface area contributed by atoms with E-state index in [0.717, 1.165) is 48.9 Å². The van der Waals surface area contributed by atoms with Crippen LogP contribution < -0.4 is 16.4 Å². The number of hydrogen-bond acceptors (Lipinski definition) is 7. The van der Waals surface area contributed by atoms with Gasteiger partial charge in [0.25, 0.3) is 0 Å². The number of nitrogens with zero attached hydrogens (tertiary/aromatic N) is 3. The smallest absolute Gasteiger partial charge is 0.220 e. The molecule has 3 rings (SSSR count). The molecular formula is C17H25N5O2S. The number of hydrogen-bond donors (Lipinski definition) is 2. The van der Waals surface area contributed by atoms with Crippen molar-refractivity contribution in [1.29, 1.82) is 0 Å². The molecule has 0 aromatic heterocycles. The van der Waals surface area contributed by atoms with Gasteiger partial charge in [-0.05, 0) is 56.7 Å². The first-order chi connectivity index (χ1) is 11.6. The molecule has 1 saturated carbocycles. The summed E-state index contributed by atoms with van der Waals surface area (Å²) in [5, 5.41) is 0. The highest BCUT2D eigenvalue weighted by molar-refractivity contribution is 7.90. The second-order valence-electron chi connectivity index (χ2n) is 6.99. The van der Waals surface area contributed by atoms with Gasteiger partial charge in [0.1, 0.15) is 5.66 Å². The predicted molar refractivity (Wildman–Crippen MR) is 101 cm³/mol. The van der Waals surface area contributed by atoms with Crippen LogP contribution in [0.2, 0.25) is 0 Å². The van der Waals surface area contributed by atoms with Crippen molar-refractivity contribution in [1.82, 2.24) is 0 Å². The maximum Gasteiger partial charge on any atom is 0.220 e. The molecule has 136 valence electrons. The molecule has 8 heteroatoms. The Labute approximate surface area is 148 Å². The fourth-order valence-electron chi connectivity index (χ4n) is 3.93. The van der Waals surface area contributed by atoms with E-state index in [4.69, 9.17) is 11.5 Å². The molecule has 0 radical (unpaired) electrons. The van der Waals surface area contributed by atoms with Crippen molar-refractivity contribution < 1.29 is 8.42 Å². The van der Waals surface area contributed by atoms with Crippen molar-refractivity contribution in [3.63, 3.8) is 0 Å². The Morgan fingerprint density at radius 1 is 1.08 bits per heavy atom. The fraction of sp³-hybridized carbons (Fsp3) is 0.529. The van der Waals surface area contributed by atoms with Crippen molar-refractivity contribution in [2.24, 2.45) is 21.5 Å². The van der Waals surface area contributed by atoms with Gasteiger partial charge >= 0.3 is 0 Å². The van der Waals surface area contributed by atoms with Crippen LogP contribution in [0.25, 0.3) is 0 Å². The van der Waals surface area contributed by atoms with Crippen LogP contribution in [0.1, 0.15) is 43.2 Å². The molecule has 2 aliphatic rings. The Hall–Kier alpha value is -2.09. The first-order valence-corrected chi connectivity index (χ1v) is 10.3. The van der Waals surface area contributed by atoms with Gasteiger partial charge in [0.15, 0.2) is 9.84 Å². The van der Waals surface area contributed by atoms with E-state index < -0.39 is 15.5 Å². The van der Waals surface area contributed by atoms with Crippen LogP contribution >= 0.6 is 0 Å². The van der Waals surface area contributed by atoms with E-state index in [0.29, 0.717) is 4.90 Å². The van der Waals surface area contributed by atoms with Gasteiger partial charge in [-0.2, -0.15) is 4.99 Å². The lowest BCUT2D eigenvalue weighted by molar-refractivity contribution is 0.305. The molecule has 0 amide bonds. The maximum absolute atomic E-state index is 12.2. The van der Waals surface area contributed by atoms with E-state index in [1.807, 2.05) is 17.9 Å². The van der Waals surface area contributed by atoms with Crippen molar-refractivity contribution in [3.05, 3.63) is 23.3 Å². The molecule has 25 heavy (non-hydrogen) atoms. The van der Waals surface area contributed by atoms with Crippen LogP contribution in [0, 0.1) is 13.8 Å². The third-order valence-corrected chi connectivity index (χ3v) is 6.22. The van der Waals surface area contributed by atoms with Gasteiger partial charge in [-0.25, -0.2) is 13.4 Å². The predicted octanol–water partition coefficient (Wildman–Crippen LogP) is 1.82. The molecule has 0 atom stereocenters. The lowest BCUT2D eigenvalue weighted by atomic mass is 9.87. The first-order valence-electron chi connectivity index (χ1n) is 8.45. The van der Waals surface area contributed by atoms with E-state index in [-0.39, 0.29) is 11.9 Å². The molecule has 1 spiro atoms. The fourth-order valence-corrected chi connectivity index (χ4v) is 4.90. The Morgan fingerprint density at radius 3 is 2.32 bits per heavy atom. The van der Waals surface area contributed by atoms with Crippen LogP contribution in [-0.4, -0.2) is 32.3 Å². The number of nitrogens with two attached hydrogens (primary N) is 2. The molecule has 0 saturated heterocycles. The van der Waals surface area contributed by atoms with Crippen molar-refractivity contribution >= 4 is 27.4 Å². The highest BCUT2D eigenvalue weighted by atomic mass is 32.2. The van der Waals surface area contributed by atoms with Gasteiger partial charge in [-0.3, -0.25) is 4.90 Å². The van der Waals surface area contributed by atoms with Gasteiger partial charge in [0.2, 0.25) is 11.9 Å². The van der Waals surface area contributed by atoms with E-state index >= 15 is 0 Å². The molecule has 0 unspecified atom stereocenters. The minimum atomic E-state index is -3.35. The first kappa shape index (κ1) is 17.7. The second-order valence-corrected chi connectivity index (χ2v) is 8.98. The number of guanidine groups is 2. The van der Waals surface area contributed by atoms with Crippen LogP contribution in [0.3, 0.4) is 0 Å². The summed E-state index contributed by atoms with van der Waals surface area (Å²) in [7, 11) is -3.35. The highest BCUT2D eigenvalue weighted by Gasteiger charge is 2.43. The summed E-state index contributed by atoms with van der Waals surface area (Å²) in [6, 6.07) is 3.56. The zero-order chi connectivity index (χ0) is 18.4. The summed E-state index contributed by atoms with van der Waals surface area (Å²) in [4.78, 5) is 11.0. The Morgan fingerprint density at radius 2 is 1.72 bits per heavy atom. The average molecular weight is 363 g/mol. The largest absolute Gasteiger partial charge is 0.369 e. The number of benzene rings is 1. The van der Waals surface area contributed by atoms with Crippen molar-refractivity contribution in [3.8, 4) is 0 Å². The quantitative estimate of drug-likeness (QED) is 0.832. The lowest BCUT2D eigenvalue weighted by Crippen LogP contribution is -2.58. The minimum Gasteiger partial charge on any atom is -0.369 e. The zero-order valence-electron chi connectivity index (χ0n) is 14.9. The molecule has 1 fully saturated rings. The topological polar surface area (TPSA) is 114 Å². The SMILES string of the molecule is Cc1cc(C)c(S(C)(=O)=O)cc1N1C(N)=NC(N)=NC12CCCCC2. The molecule has 1 aliphatic carbocycles. The van der Waals surface area contributed by atoms with Gasteiger partial charge in [0, 0.05) is 6.26 Å². The van der Waals surface area contributed by atoms with Crippen LogP contribution in [-0.2, 0) is 9.84 Å². The summed E-state index contributed by atoms with van der Waals surface area (Å²) < 4.78 is 24.3. The molecule has 1 aromatic rings. The summed E-state index contributed by atoms with van der Waals surface area (Å²) in [6.07, 6.45) is 6.02. The number of aliphatic imine (C=N–C) groups is 2.